The molecule has 0 aliphatic carbocycles. The first-order valence-electron chi connectivity index (χ1n) is 10.4. The van der Waals surface area contributed by atoms with Gasteiger partial charge in [-0.3, -0.25) is 4.79 Å². The van der Waals surface area contributed by atoms with Crippen LogP contribution in [0.4, 0.5) is 13.2 Å². The van der Waals surface area contributed by atoms with E-state index in [0.717, 1.165) is 32.3 Å². The first-order chi connectivity index (χ1) is 15.7. The summed E-state index contributed by atoms with van der Waals surface area (Å²) < 4.78 is 48.6. The maximum atomic E-state index is 12.4. The number of amides is 1. The van der Waals surface area contributed by atoms with Gasteiger partial charge in [-0.2, -0.15) is 13.2 Å². The van der Waals surface area contributed by atoms with Crippen molar-refractivity contribution in [3.05, 3.63) is 42.7 Å². The number of alkyl halides is 3. The predicted molar refractivity (Wildman–Crippen MR) is 106 cm³/mol. The Morgan fingerprint density at radius 1 is 1.24 bits per heavy atom. The summed E-state index contributed by atoms with van der Waals surface area (Å²) in [5.41, 5.74) is 0.238. The monoisotopic (exact) mass is 471 g/mol. The first kappa shape index (κ1) is 24.5. The van der Waals surface area contributed by atoms with Crippen LogP contribution in [0.5, 0.6) is 5.88 Å². The van der Waals surface area contributed by atoms with Crippen molar-refractivity contribution in [1.82, 2.24) is 14.9 Å². The van der Waals surface area contributed by atoms with E-state index >= 15 is 0 Å². The lowest BCUT2D eigenvalue weighted by Gasteiger charge is -2.42. The number of piperidine rings is 1. The van der Waals surface area contributed by atoms with Crippen molar-refractivity contribution in [2.45, 2.75) is 37.5 Å². The van der Waals surface area contributed by atoms with Gasteiger partial charge in [-0.1, -0.05) is 6.07 Å². The molecule has 9 nitrogen and oxygen atoms in total. The molecule has 1 N–H and O–H groups in total. The highest BCUT2D eigenvalue weighted by Gasteiger charge is 2.46. The van der Waals surface area contributed by atoms with E-state index in [9.17, 15) is 18.0 Å². The Hall–Kier alpha value is -3.15. The van der Waals surface area contributed by atoms with Crippen molar-refractivity contribution in [3.8, 4) is 5.88 Å². The van der Waals surface area contributed by atoms with Gasteiger partial charge in [0.25, 0.3) is 5.91 Å². The minimum atomic E-state index is -5.08. The highest BCUT2D eigenvalue weighted by molar-refractivity contribution is 5.91. The van der Waals surface area contributed by atoms with Gasteiger partial charge in [0.05, 0.1) is 12.2 Å². The van der Waals surface area contributed by atoms with E-state index in [-0.39, 0.29) is 11.5 Å². The van der Waals surface area contributed by atoms with Crippen molar-refractivity contribution in [2.24, 2.45) is 5.92 Å². The molecule has 4 rings (SSSR count). The van der Waals surface area contributed by atoms with Gasteiger partial charge in [-0.15, -0.1) is 0 Å². The second-order valence-corrected chi connectivity index (χ2v) is 7.67. The maximum absolute atomic E-state index is 12.4. The summed E-state index contributed by atoms with van der Waals surface area (Å²) in [4.78, 5) is 31.3. The number of aromatic nitrogens is 2. The number of carboxylic acids is 1. The number of carbonyl (C=O) groups is 2. The number of ether oxygens (including phenoxy) is 2. The Bertz CT molecular complexity index is 900. The molecule has 0 bridgehead atoms. The lowest BCUT2D eigenvalue weighted by molar-refractivity contribution is -0.192. The summed E-state index contributed by atoms with van der Waals surface area (Å²) >= 11 is 0. The predicted octanol–water partition coefficient (Wildman–Crippen LogP) is 3.18. The number of hydrogen-bond donors (Lipinski definition) is 1. The topological polar surface area (TPSA) is 115 Å². The number of aliphatic carboxylic acids is 1. The SMILES string of the molecule is O=C(O)C(F)(F)F.O=C(c1cocn1)N1CCC2(CC1)OCCC2CCOc1ccccn1. The fraction of sp³-hybridized carbons (Fsp3) is 0.524. The molecule has 2 aliphatic heterocycles. The molecule has 2 aliphatic rings. The molecule has 2 aromatic heterocycles. The van der Waals surface area contributed by atoms with Crippen LogP contribution in [0.15, 0.2) is 41.5 Å². The number of likely N-dealkylation sites (tertiary alicyclic amines) is 1. The van der Waals surface area contributed by atoms with Gasteiger partial charge in [0.2, 0.25) is 5.88 Å². The van der Waals surface area contributed by atoms with E-state index in [1.54, 1.807) is 6.20 Å². The molecule has 4 heterocycles. The molecule has 33 heavy (non-hydrogen) atoms. The van der Waals surface area contributed by atoms with Gasteiger partial charge in [0.1, 0.15) is 6.26 Å². The molecule has 1 amide bonds. The number of halogens is 3. The van der Waals surface area contributed by atoms with Crippen molar-refractivity contribution < 1.29 is 41.8 Å². The second-order valence-electron chi connectivity index (χ2n) is 7.67. The average molecular weight is 471 g/mol. The maximum Gasteiger partial charge on any atom is 0.490 e. The van der Waals surface area contributed by atoms with Crippen LogP contribution >= 0.6 is 0 Å². The number of nitrogens with zero attached hydrogens (tertiary/aromatic N) is 3. The minimum absolute atomic E-state index is 0.0679. The zero-order chi connectivity index (χ0) is 23.9. The molecular weight excluding hydrogens is 447 g/mol. The van der Waals surface area contributed by atoms with Crippen molar-refractivity contribution >= 4 is 11.9 Å². The lowest BCUT2D eigenvalue weighted by Crippen LogP contribution is -2.49. The quantitative estimate of drug-likeness (QED) is 0.707. The average Bonchev–Trinajstić information content (AvgIpc) is 3.46. The summed E-state index contributed by atoms with van der Waals surface area (Å²) in [5, 5.41) is 7.12. The molecule has 0 aromatic carbocycles. The van der Waals surface area contributed by atoms with Gasteiger partial charge >= 0.3 is 12.1 Å². The molecule has 180 valence electrons. The molecule has 2 fully saturated rings. The fourth-order valence-electron chi connectivity index (χ4n) is 4.05. The highest BCUT2D eigenvalue weighted by Crippen LogP contribution is 2.42. The van der Waals surface area contributed by atoms with E-state index in [4.69, 9.17) is 23.8 Å². The Kier molecular flexibility index (Phi) is 7.90. The minimum Gasteiger partial charge on any atom is -0.478 e. The summed E-state index contributed by atoms with van der Waals surface area (Å²) in [6, 6.07) is 5.67. The largest absolute Gasteiger partial charge is 0.490 e. The molecule has 1 unspecified atom stereocenters. The molecule has 12 heteroatoms. The Balaban J connectivity index is 0.000000383. The number of pyridine rings is 1. The highest BCUT2D eigenvalue weighted by atomic mass is 19.4. The molecule has 2 saturated heterocycles. The Labute approximate surface area is 187 Å². The van der Waals surface area contributed by atoms with Crippen LogP contribution in [0.3, 0.4) is 0 Å². The third kappa shape index (κ3) is 6.44. The van der Waals surface area contributed by atoms with Crippen LogP contribution in [-0.2, 0) is 9.53 Å². The van der Waals surface area contributed by atoms with Crippen LogP contribution in [0.2, 0.25) is 0 Å². The molecule has 0 saturated carbocycles. The number of carboxylic acid groups (broad SMARTS) is 1. The Morgan fingerprint density at radius 3 is 2.55 bits per heavy atom. The van der Waals surface area contributed by atoms with E-state index in [2.05, 4.69) is 9.97 Å². The third-order valence-corrected chi connectivity index (χ3v) is 5.74. The first-order valence-corrected chi connectivity index (χ1v) is 10.4. The van der Waals surface area contributed by atoms with Gasteiger partial charge in [0, 0.05) is 32.0 Å². The number of oxazole rings is 1. The van der Waals surface area contributed by atoms with Crippen LogP contribution in [0, 0.1) is 5.92 Å². The smallest absolute Gasteiger partial charge is 0.478 e. The summed E-state index contributed by atoms with van der Waals surface area (Å²) in [6.07, 6.45) is 3.02. The van der Waals surface area contributed by atoms with Gasteiger partial charge < -0.3 is 23.9 Å². The molecule has 0 radical (unpaired) electrons. The van der Waals surface area contributed by atoms with Crippen LogP contribution in [0.25, 0.3) is 0 Å². The zero-order valence-electron chi connectivity index (χ0n) is 17.7. The van der Waals surface area contributed by atoms with Crippen LogP contribution < -0.4 is 4.74 Å². The van der Waals surface area contributed by atoms with Crippen molar-refractivity contribution in [2.75, 3.05) is 26.3 Å². The van der Waals surface area contributed by atoms with Crippen molar-refractivity contribution in [3.63, 3.8) is 0 Å². The standard InChI is InChI=1S/C19H23N3O4.C2HF3O2/c23-18(16-13-24-14-21-16)22-9-6-19(7-10-22)15(5-12-26-19)4-11-25-17-3-1-2-8-20-17;3-2(4,5)1(6)7/h1-3,8,13-15H,4-7,9-12H2;(H,6,7). The van der Waals surface area contributed by atoms with Crippen LogP contribution in [0.1, 0.15) is 36.2 Å². The van der Waals surface area contributed by atoms with E-state index in [0.29, 0.717) is 37.2 Å². The Morgan fingerprint density at radius 2 is 1.97 bits per heavy atom. The summed E-state index contributed by atoms with van der Waals surface area (Å²) in [7, 11) is 0. The molecule has 2 aromatic rings. The second kappa shape index (κ2) is 10.6. The van der Waals surface area contributed by atoms with E-state index < -0.39 is 12.1 Å². The van der Waals surface area contributed by atoms with Crippen molar-refractivity contribution in [1.29, 1.82) is 0 Å². The molecule has 1 atom stereocenters. The molecular formula is C21H24F3N3O6. The van der Waals surface area contributed by atoms with Gasteiger partial charge in [0.15, 0.2) is 12.1 Å². The number of carbonyl (C=O) groups excluding carboxylic acids is 1. The fourth-order valence-corrected chi connectivity index (χ4v) is 4.05. The van der Waals surface area contributed by atoms with Crippen LogP contribution in [-0.4, -0.2) is 69.9 Å². The number of hydrogen-bond acceptors (Lipinski definition) is 7. The van der Waals surface area contributed by atoms with E-state index in [1.807, 2.05) is 23.1 Å². The van der Waals surface area contributed by atoms with Gasteiger partial charge in [-0.05, 0) is 37.7 Å². The lowest BCUT2D eigenvalue weighted by atomic mass is 9.78. The number of rotatable bonds is 5. The summed E-state index contributed by atoms with van der Waals surface area (Å²) in [5.74, 6) is -1.71. The van der Waals surface area contributed by atoms with Gasteiger partial charge in [-0.25, -0.2) is 14.8 Å². The summed E-state index contributed by atoms with van der Waals surface area (Å²) in [6.45, 7) is 2.78. The normalized spacial score (nSPS) is 19.6. The zero-order valence-corrected chi connectivity index (χ0v) is 17.7. The van der Waals surface area contributed by atoms with E-state index in [1.165, 1.54) is 12.7 Å². The third-order valence-electron chi connectivity index (χ3n) is 5.74. The molecule has 1 spiro atoms.